The van der Waals surface area contributed by atoms with Crippen molar-refractivity contribution in [1.82, 2.24) is 10.1 Å². The van der Waals surface area contributed by atoms with Crippen LogP contribution < -0.4 is 16.1 Å². The molecule has 0 amide bonds. The van der Waals surface area contributed by atoms with E-state index >= 15 is 0 Å². The number of ether oxygens (including phenoxy) is 3. The van der Waals surface area contributed by atoms with Gasteiger partial charge in [-0.1, -0.05) is 92.7 Å². The van der Waals surface area contributed by atoms with Gasteiger partial charge in [0, 0.05) is 6.42 Å². The Hall–Kier alpha value is -3.69. The summed E-state index contributed by atoms with van der Waals surface area (Å²) in [4.78, 5) is 12.3. The average molecular weight is 568 g/mol. The zero-order chi connectivity index (χ0) is 28.6. The van der Waals surface area contributed by atoms with Crippen LogP contribution in [0.1, 0.15) is 46.1 Å². The van der Waals surface area contributed by atoms with Crippen molar-refractivity contribution in [2.75, 3.05) is 19.8 Å². The molecule has 10 nitrogen and oxygen atoms in total. The molecule has 1 aliphatic heterocycles. The Morgan fingerprint density at radius 1 is 1.12 bits per heavy atom. The molecular formula is C29H37N3O7Si. The lowest BCUT2D eigenvalue weighted by Crippen LogP contribution is -2.67. The van der Waals surface area contributed by atoms with Gasteiger partial charge in [-0.05, 0) is 28.3 Å². The second kappa shape index (κ2) is 13.1. The van der Waals surface area contributed by atoms with E-state index in [1.807, 2.05) is 36.4 Å². The molecule has 1 aromatic heterocycles. The number of rotatable bonds is 8. The van der Waals surface area contributed by atoms with E-state index in [1.165, 1.54) is 4.74 Å². The number of carbonyl (C=O) groups is 1. The maximum Gasteiger partial charge on any atom is 0.508 e. The molecule has 3 atom stereocenters. The Kier molecular flexibility index (Phi) is 9.60. The topological polar surface area (TPSA) is 127 Å². The zero-order valence-corrected chi connectivity index (χ0v) is 24.3. The molecular weight excluding hydrogens is 530 g/mol. The number of nitrogens with zero attached hydrogens (tertiary/aromatic N) is 1. The summed E-state index contributed by atoms with van der Waals surface area (Å²) in [6, 6.07) is 20.6. The number of aromatic nitrogens is 2. The third kappa shape index (κ3) is 6.54. The summed E-state index contributed by atoms with van der Waals surface area (Å²) in [5.41, 5.74) is 5.48. The number of hydrogen-bond acceptors (Lipinski definition) is 8. The molecule has 1 fully saturated rings. The lowest BCUT2D eigenvalue weighted by molar-refractivity contribution is -0.0943. The summed E-state index contributed by atoms with van der Waals surface area (Å²) in [6.07, 6.45) is -0.799. The molecule has 0 spiro atoms. The molecule has 2 heterocycles. The van der Waals surface area contributed by atoms with Gasteiger partial charge in [0.15, 0.2) is 6.23 Å². The fraction of sp³-hybridized carbons (Fsp3) is 0.414. The van der Waals surface area contributed by atoms with Gasteiger partial charge in [0.25, 0.3) is 8.32 Å². The third-order valence-electron chi connectivity index (χ3n) is 6.71. The number of nitrogens with one attached hydrogen (secondary N) is 1. The van der Waals surface area contributed by atoms with Gasteiger partial charge >= 0.3 is 6.16 Å². The minimum absolute atomic E-state index is 0.176. The van der Waals surface area contributed by atoms with Crippen molar-refractivity contribution in [2.45, 2.75) is 57.6 Å². The standard InChI is InChI=1S/C29H37N3O7Si/c1-5-34-28(33)37-25-19-27(32-20-22(13-12-18-30)38-31-39-32)36-26(25)21-35-40(29(2,3)4,23-14-8-6-9-15-23)24-16-10-7-11-17-24/h6-11,14-17,20,25-27,31H,5,18-19,21,30H2,1-4H3/t25-,26+,27+/m0/s1. The molecule has 40 heavy (non-hydrogen) atoms. The Bertz CT molecular complexity index is 1290. The molecule has 0 aliphatic carbocycles. The molecule has 0 radical (unpaired) electrons. The van der Waals surface area contributed by atoms with Gasteiger partial charge in [-0.15, -0.1) is 0 Å². The first-order valence-corrected chi connectivity index (χ1v) is 15.2. The third-order valence-corrected chi connectivity index (χ3v) is 11.7. The van der Waals surface area contributed by atoms with E-state index in [9.17, 15) is 4.79 Å². The first kappa shape index (κ1) is 29.3. The van der Waals surface area contributed by atoms with Crippen molar-refractivity contribution in [1.29, 1.82) is 0 Å². The van der Waals surface area contributed by atoms with E-state index in [4.69, 9.17) is 33.5 Å². The van der Waals surface area contributed by atoms with Crippen LogP contribution in [0.2, 0.25) is 5.04 Å². The van der Waals surface area contributed by atoms with E-state index in [1.54, 1.807) is 13.1 Å². The summed E-state index contributed by atoms with van der Waals surface area (Å²) in [5.74, 6) is 5.83. The Labute approximate surface area is 235 Å². The molecule has 214 valence electrons. The van der Waals surface area contributed by atoms with Gasteiger partial charge < -0.3 is 28.9 Å². The maximum atomic E-state index is 12.3. The molecule has 0 unspecified atom stereocenters. The van der Waals surface area contributed by atoms with Crippen LogP contribution >= 0.6 is 0 Å². The average Bonchev–Trinajstić information content (AvgIpc) is 3.35. The monoisotopic (exact) mass is 567 g/mol. The van der Waals surface area contributed by atoms with E-state index in [2.05, 4.69) is 62.2 Å². The van der Waals surface area contributed by atoms with Crippen LogP contribution in [0.3, 0.4) is 0 Å². The Balaban J connectivity index is 1.67. The first-order valence-electron chi connectivity index (χ1n) is 13.3. The quantitative estimate of drug-likeness (QED) is 0.239. The van der Waals surface area contributed by atoms with Gasteiger partial charge in [0.2, 0.25) is 5.76 Å². The van der Waals surface area contributed by atoms with Crippen LogP contribution in [0.25, 0.3) is 0 Å². The van der Waals surface area contributed by atoms with E-state index in [0.717, 1.165) is 10.4 Å². The molecule has 11 heteroatoms. The molecule has 3 N–H and O–H groups in total. The van der Waals surface area contributed by atoms with Crippen LogP contribution in [0, 0.1) is 11.8 Å². The second-order valence-electron chi connectivity index (χ2n) is 10.3. The van der Waals surface area contributed by atoms with Crippen molar-refractivity contribution >= 4 is 24.8 Å². The van der Waals surface area contributed by atoms with Crippen LogP contribution in [-0.2, 0) is 18.6 Å². The predicted molar refractivity (Wildman–Crippen MR) is 151 cm³/mol. The zero-order valence-electron chi connectivity index (χ0n) is 23.3. The highest BCUT2D eigenvalue weighted by Gasteiger charge is 2.51. The number of carbonyl (C=O) groups excluding carboxylic acids is 1. The summed E-state index contributed by atoms with van der Waals surface area (Å²) in [6.45, 7) is 8.88. The first-order chi connectivity index (χ1) is 19.3. The Morgan fingerprint density at radius 3 is 2.35 bits per heavy atom. The Morgan fingerprint density at radius 2 is 1.77 bits per heavy atom. The number of H-pyrrole nitrogens is 1. The van der Waals surface area contributed by atoms with Crippen molar-refractivity contribution in [3.05, 3.63) is 72.6 Å². The lowest BCUT2D eigenvalue weighted by Gasteiger charge is -2.43. The smallest absolute Gasteiger partial charge is 0.435 e. The van der Waals surface area contributed by atoms with E-state index in [0.29, 0.717) is 12.2 Å². The van der Waals surface area contributed by atoms with Crippen LogP contribution in [0.15, 0.2) is 76.0 Å². The largest absolute Gasteiger partial charge is 0.508 e. The highest BCUT2D eigenvalue weighted by Crippen LogP contribution is 2.38. The van der Waals surface area contributed by atoms with Crippen molar-refractivity contribution < 1.29 is 32.6 Å². The molecule has 3 aromatic rings. The van der Waals surface area contributed by atoms with E-state index < -0.39 is 32.9 Å². The molecule has 1 saturated heterocycles. The molecule has 2 aromatic carbocycles. The fourth-order valence-corrected chi connectivity index (χ4v) is 9.56. The van der Waals surface area contributed by atoms with Gasteiger partial charge in [-0.3, -0.25) is 4.63 Å². The van der Waals surface area contributed by atoms with Crippen molar-refractivity contribution in [3.63, 3.8) is 0 Å². The van der Waals surface area contributed by atoms with Gasteiger partial charge in [-0.2, -0.15) is 4.74 Å². The summed E-state index contributed by atoms with van der Waals surface area (Å²) in [5, 5.41) is 4.40. The number of aromatic amines is 1. The maximum absolute atomic E-state index is 12.3. The second-order valence-corrected chi connectivity index (χ2v) is 14.6. The summed E-state index contributed by atoms with van der Waals surface area (Å²) >= 11 is 0. The number of benzene rings is 2. The van der Waals surface area contributed by atoms with Crippen molar-refractivity contribution in [3.8, 4) is 11.8 Å². The van der Waals surface area contributed by atoms with Gasteiger partial charge in [0.1, 0.15) is 12.2 Å². The number of nitrogens with two attached hydrogens (primary N) is 1. The van der Waals surface area contributed by atoms with Gasteiger partial charge in [-0.25, -0.2) is 4.79 Å². The SMILES string of the molecule is CCOC(=O)O[C@H]1C[C@H](n2cc(C#CCN)o[nH]o2)O[C@@H]1CO[Si](c1ccccc1)(c1ccccc1)C(C)(C)C. The summed E-state index contributed by atoms with van der Waals surface area (Å²) < 4.78 is 36.2. The molecule has 1 aliphatic rings. The fourth-order valence-electron chi connectivity index (χ4n) is 4.99. The van der Waals surface area contributed by atoms with Crippen LogP contribution in [0.5, 0.6) is 0 Å². The van der Waals surface area contributed by atoms with Crippen molar-refractivity contribution in [2.24, 2.45) is 5.73 Å². The van der Waals surface area contributed by atoms with Crippen LogP contribution in [0.4, 0.5) is 4.79 Å². The predicted octanol–water partition coefficient (Wildman–Crippen LogP) is 3.84. The van der Waals surface area contributed by atoms with Gasteiger partial charge in [0.05, 0.1) is 26.0 Å². The molecule has 0 saturated carbocycles. The number of hydrogen-bond donors (Lipinski definition) is 2. The minimum atomic E-state index is -2.86. The minimum Gasteiger partial charge on any atom is -0.435 e. The lowest BCUT2D eigenvalue weighted by atomic mass is 10.2. The normalized spacial score (nSPS) is 19.0. The highest BCUT2D eigenvalue weighted by molar-refractivity contribution is 6.99. The van der Waals surface area contributed by atoms with Crippen LogP contribution in [-0.4, -0.2) is 56.5 Å². The summed E-state index contributed by atoms with van der Waals surface area (Å²) in [7, 11) is -2.86. The molecule has 4 rings (SSSR count). The molecule has 0 bridgehead atoms. The highest BCUT2D eigenvalue weighted by atomic mass is 28.4. The van der Waals surface area contributed by atoms with E-state index in [-0.39, 0.29) is 24.8 Å².